The Morgan fingerprint density at radius 3 is 2.35 bits per heavy atom. The standard InChI is InChI=1S/C13H7F5N4O/c14-11(15)12-21-20-10-5-19-9(6-22(10)12)7-1-3-8(4-2-7)23-13(16,17)18/h1-6,11H. The number of alkyl halides is 5. The molecule has 2 aromatic heterocycles. The second-order valence-electron chi connectivity index (χ2n) is 4.43. The molecule has 3 rings (SSSR count). The van der Waals surface area contributed by atoms with Gasteiger partial charge >= 0.3 is 6.36 Å². The van der Waals surface area contributed by atoms with E-state index in [1.165, 1.54) is 24.5 Å². The van der Waals surface area contributed by atoms with Gasteiger partial charge in [0.1, 0.15) is 5.75 Å². The van der Waals surface area contributed by atoms with Crippen LogP contribution < -0.4 is 4.74 Å². The largest absolute Gasteiger partial charge is 0.573 e. The Morgan fingerprint density at radius 2 is 1.74 bits per heavy atom. The van der Waals surface area contributed by atoms with Gasteiger partial charge in [0.15, 0.2) is 5.65 Å². The summed E-state index contributed by atoms with van der Waals surface area (Å²) in [6, 6.07) is 4.88. The van der Waals surface area contributed by atoms with E-state index in [0.717, 1.165) is 16.5 Å². The molecule has 0 N–H and O–H groups in total. The van der Waals surface area contributed by atoms with Gasteiger partial charge in [-0.05, 0) is 24.3 Å². The van der Waals surface area contributed by atoms with Gasteiger partial charge in [0, 0.05) is 11.8 Å². The van der Waals surface area contributed by atoms with E-state index in [4.69, 9.17) is 0 Å². The van der Waals surface area contributed by atoms with E-state index in [2.05, 4.69) is 19.9 Å². The molecule has 0 aliphatic heterocycles. The Balaban J connectivity index is 1.95. The highest BCUT2D eigenvalue weighted by molar-refractivity contribution is 5.60. The third kappa shape index (κ3) is 3.20. The molecule has 2 heterocycles. The van der Waals surface area contributed by atoms with Gasteiger partial charge in [0.2, 0.25) is 5.82 Å². The molecule has 1 aromatic carbocycles. The number of hydrogen-bond acceptors (Lipinski definition) is 4. The minimum Gasteiger partial charge on any atom is -0.406 e. The summed E-state index contributed by atoms with van der Waals surface area (Å²) in [5, 5.41) is 6.92. The van der Waals surface area contributed by atoms with Crippen molar-refractivity contribution in [2.45, 2.75) is 12.8 Å². The lowest BCUT2D eigenvalue weighted by molar-refractivity contribution is -0.274. The number of hydrogen-bond donors (Lipinski definition) is 0. The van der Waals surface area contributed by atoms with Crippen molar-refractivity contribution in [3.05, 3.63) is 42.5 Å². The van der Waals surface area contributed by atoms with Crippen LogP contribution in [0.5, 0.6) is 5.75 Å². The van der Waals surface area contributed by atoms with Crippen molar-refractivity contribution in [3.63, 3.8) is 0 Å². The van der Waals surface area contributed by atoms with Crippen molar-refractivity contribution in [2.24, 2.45) is 0 Å². The van der Waals surface area contributed by atoms with Gasteiger partial charge in [-0.15, -0.1) is 23.4 Å². The fourth-order valence-corrected chi connectivity index (χ4v) is 1.94. The molecule has 0 bridgehead atoms. The summed E-state index contributed by atoms with van der Waals surface area (Å²) in [6.07, 6.45) is -5.07. The second kappa shape index (κ2) is 5.45. The van der Waals surface area contributed by atoms with Gasteiger partial charge < -0.3 is 4.74 Å². The summed E-state index contributed by atoms with van der Waals surface area (Å²) in [7, 11) is 0. The lowest BCUT2D eigenvalue weighted by Crippen LogP contribution is -2.16. The summed E-state index contributed by atoms with van der Waals surface area (Å²) < 4.78 is 66.8. The van der Waals surface area contributed by atoms with Gasteiger partial charge in [0.25, 0.3) is 6.43 Å². The van der Waals surface area contributed by atoms with Gasteiger partial charge in [-0.25, -0.2) is 8.78 Å². The van der Waals surface area contributed by atoms with Gasteiger partial charge in [-0.1, -0.05) is 0 Å². The van der Waals surface area contributed by atoms with Gasteiger partial charge in [0.05, 0.1) is 11.9 Å². The smallest absolute Gasteiger partial charge is 0.406 e. The van der Waals surface area contributed by atoms with Crippen LogP contribution in [0.2, 0.25) is 0 Å². The summed E-state index contributed by atoms with van der Waals surface area (Å²) in [5.74, 6) is -0.930. The molecule has 5 nitrogen and oxygen atoms in total. The first kappa shape index (κ1) is 15.1. The molecule has 0 amide bonds. The van der Waals surface area contributed by atoms with E-state index < -0.39 is 18.6 Å². The monoisotopic (exact) mass is 330 g/mol. The molecule has 0 spiro atoms. The number of benzene rings is 1. The van der Waals surface area contributed by atoms with E-state index in [9.17, 15) is 22.0 Å². The lowest BCUT2D eigenvalue weighted by atomic mass is 10.1. The van der Waals surface area contributed by atoms with Crippen molar-refractivity contribution in [1.29, 1.82) is 0 Å². The maximum absolute atomic E-state index is 12.8. The normalized spacial score (nSPS) is 12.1. The summed E-state index contributed by atoms with van der Waals surface area (Å²) in [5.41, 5.74) is 0.842. The van der Waals surface area contributed by atoms with Crippen LogP contribution in [0.3, 0.4) is 0 Å². The van der Waals surface area contributed by atoms with Crippen LogP contribution in [0.15, 0.2) is 36.7 Å². The Kier molecular flexibility index (Phi) is 3.58. The first-order valence-corrected chi connectivity index (χ1v) is 6.18. The highest BCUT2D eigenvalue weighted by Gasteiger charge is 2.31. The number of fused-ring (bicyclic) bond motifs is 1. The van der Waals surface area contributed by atoms with Crippen LogP contribution in [0, 0.1) is 0 Å². The molecule has 0 aliphatic carbocycles. The Hall–Kier alpha value is -2.78. The number of halogens is 5. The molecule has 0 unspecified atom stereocenters. The molecule has 0 aliphatic rings. The van der Waals surface area contributed by atoms with E-state index in [1.54, 1.807) is 0 Å². The molecule has 0 saturated heterocycles. The molecule has 0 fully saturated rings. The Labute approximate surface area is 125 Å². The van der Waals surface area contributed by atoms with Crippen molar-refractivity contribution in [3.8, 4) is 17.0 Å². The zero-order valence-electron chi connectivity index (χ0n) is 11.1. The fourth-order valence-electron chi connectivity index (χ4n) is 1.94. The van der Waals surface area contributed by atoms with Crippen LogP contribution >= 0.6 is 0 Å². The van der Waals surface area contributed by atoms with E-state index in [1.807, 2.05) is 0 Å². The average Bonchev–Trinajstić information content (AvgIpc) is 2.89. The Bertz CT molecular complexity index is 828. The van der Waals surface area contributed by atoms with Crippen LogP contribution in [0.4, 0.5) is 22.0 Å². The Morgan fingerprint density at radius 1 is 1.04 bits per heavy atom. The number of nitrogens with zero attached hydrogens (tertiary/aromatic N) is 4. The predicted octanol–water partition coefficient (Wildman–Crippen LogP) is 3.63. The van der Waals surface area contributed by atoms with Crippen LogP contribution in [0.1, 0.15) is 12.2 Å². The molecule has 0 saturated carbocycles. The van der Waals surface area contributed by atoms with Gasteiger partial charge in [-0.2, -0.15) is 0 Å². The van der Waals surface area contributed by atoms with Crippen molar-refractivity contribution >= 4 is 5.65 Å². The molecule has 3 aromatic rings. The van der Waals surface area contributed by atoms with Crippen molar-refractivity contribution in [1.82, 2.24) is 19.6 Å². The molecular formula is C13H7F5N4O. The molecule has 10 heteroatoms. The van der Waals surface area contributed by atoms with Crippen molar-refractivity contribution in [2.75, 3.05) is 0 Å². The molecular weight excluding hydrogens is 323 g/mol. The predicted molar refractivity (Wildman–Crippen MR) is 67.9 cm³/mol. The topological polar surface area (TPSA) is 52.3 Å². The van der Waals surface area contributed by atoms with E-state index in [-0.39, 0.29) is 17.1 Å². The highest BCUT2D eigenvalue weighted by Crippen LogP contribution is 2.26. The van der Waals surface area contributed by atoms with Gasteiger partial charge in [-0.3, -0.25) is 9.38 Å². The molecule has 0 atom stereocenters. The van der Waals surface area contributed by atoms with Crippen LogP contribution in [-0.2, 0) is 0 Å². The summed E-state index contributed by atoms with van der Waals surface area (Å²) in [6.45, 7) is 0. The van der Waals surface area contributed by atoms with Crippen LogP contribution in [0.25, 0.3) is 16.9 Å². The maximum atomic E-state index is 12.8. The summed E-state index contributed by atoms with van der Waals surface area (Å²) >= 11 is 0. The van der Waals surface area contributed by atoms with Crippen molar-refractivity contribution < 1.29 is 26.7 Å². The first-order valence-electron chi connectivity index (χ1n) is 6.18. The molecule has 120 valence electrons. The molecule has 23 heavy (non-hydrogen) atoms. The highest BCUT2D eigenvalue weighted by atomic mass is 19.4. The minimum absolute atomic E-state index is 0.140. The lowest BCUT2D eigenvalue weighted by Gasteiger charge is -2.09. The average molecular weight is 330 g/mol. The van der Waals surface area contributed by atoms with Crippen LogP contribution in [-0.4, -0.2) is 25.9 Å². The third-order valence-corrected chi connectivity index (χ3v) is 2.90. The first-order chi connectivity index (χ1) is 10.8. The minimum atomic E-state index is -4.78. The zero-order chi connectivity index (χ0) is 16.6. The quantitative estimate of drug-likeness (QED) is 0.688. The number of rotatable bonds is 3. The maximum Gasteiger partial charge on any atom is 0.573 e. The zero-order valence-corrected chi connectivity index (χ0v) is 11.1. The van der Waals surface area contributed by atoms with E-state index in [0.29, 0.717) is 5.56 Å². The molecule has 0 radical (unpaired) electrons. The number of aromatic nitrogens is 4. The third-order valence-electron chi connectivity index (χ3n) is 2.90. The fraction of sp³-hybridized carbons (Fsp3) is 0.154. The number of ether oxygens (including phenoxy) is 1. The second-order valence-corrected chi connectivity index (χ2v) is 4.43. The summed E-state index contributed by atoms with van der Waals surface area (Å²) in [4.78, 5) is 4.02. The van der Waals surface area contributed by atoms with E-state index >= 15 is 0 Å². The SMILES string of the molecule is FC(F)c1nnc2cnc(-c3ccc(OC(F)(F)F)cc3)cn12.